The molecule has 0 saturated heterocycles. The molecule has 5 saturated carbocycles. The second kappa shape index (κ2) is 7.10. The van der Waals surface area contributed by atoms with Crippen LogP contribution in [0.15, 0.2) is 0 Å². The normalized spacial score (nSPS) is 54.9. The van der Waals surface area contributed by atoms with Crippen molar-refractivity contribution in [1.29, 1.82) is 0 Å². The highest BCUT2D eigenvalue weighted by Gasteiger charge is 2.69. The molecule has 5 aliphatic rings. The molecule has 32 heavy (non-hydrogen) atoms. The minimum atomic E-state index is -0.122. The number of hydrogen-bond donors (Lipinski definition) is 0. The van der Waals surface area contributed by atoms with Crippen LogP contribution in [0.3, 0.4) is 0 Å². The summed E-state index contributed by atoms with van der Waals surface area (Å²) in [7, 11) is 0. The highest BCUT2D eigenvalue weighted by atomic mass is 16.1. The van der Waals surface area contributed by atoms with Gasteiger partial charge < -0.3 is 0 Å². The molecule has 0 spiro atoms. The first-order chi connectivity index (χ1) is 14.8. The number of ketones is 1. The Morgan fingerprint density at radius 3 is 2.16 bits per heavy atom. The van der Waals surface area contributed by atoms with Crippen molar-refractivity contribution < 1.29 is 4.79 Å². The number of rotatable bonds is 1. The van der Waals surface area contributed by atoms with Gasteiger partial charge in [-0.2, -0.15) is 0 Å². The van der Waals surface area contributed by atoms with Crippen LogP contribution in [-0.4, -0.2) is 5.78 Å². The van der Waals surface area contributed by atoms with Gasteiger partial charge in [0.05, 0.1) is 0 Å². The Morgan fingerprint density at radius 2 is 1.47 bits per heavy atom. The van der Waals surface area contributed by atoms with Crippen molar-refractivity contribution in [2.24, 2.45) is 62.6 Å². The second-order valence-corrected chi connectivity index (χ2v) is 15.3. The lowest BCUT2D eigenvalue weighted by molar-refractivity contribution is -0.244. The number of fused-ring (bicyclic) bond motifs is 7. The van der Waals surface area contributed by atoms with E-state index in [4.69, 9.17) is 0 Å². The van der Waals surface area contributed by atoms with Gasteiger partial charge in [-0.25, -0.2) is 0 Å². The first-order valence-electron chi connectivity index (χ1n) is 14.3. The van der Waals surface area contributed by atoms with Gasteiger partial charge in [0, 0.05) is 11.8 Å². The molecule has 0 heterocycles. The molecule has 0 N–H and O–H groups in total. The number of Topliss-reactive ketones (excluding diaryl/α,β-unsaturated/α-hetero) is 1. The average Bonchev–Trinajstić information content (AvgIpc) is 2.71. The predicted molar refractivity (Wildman–Crippen MR) is 134 cm³/mol. The van der Waals surface area contributed by atoms with E-state index in [-0.39, 0.29) is 5.41 Å². The third-order valence-corrected chi connectivity index (χ3v) is 13.7. The summed E-state index contributed by atoms with van der Waals surface area (Å²) in [5, 5.41) is 0. The van der Waals surface area contributed by atoms with E-state index >= 15 is 0 Å². The van der Waals surface area contributed by atoms with E-state index in [1.165, 1.54) is 57.8 Å². The van der Waals surface area contributed by atoms with E-state index in [0.29, 0.717) is 33.4 Å². The molecule has 5 aliphatic carbocycles. The summed E-state index contributed by atoms with van der Waals surface area (Å²) in [4.78, 5) is 12.9. The fourth-order valence-corrected chi connectivity index (χ4v) is 11.8. The van der Waals surface area contributed by atoms with E-state index in [9.17, 15) is 4.79 Å². The summed E-state index contributed by atoms with van der Waals surface area (Å²) in [6.45, 7) is 20.4. The molecule has 0 amide bonds. The SMILES string of the molecule is CC(C)[C@@H]1CCC[C@]2(C)CC[C@]3(C)C(CCC4[C@@]5(C)CCC(=O)C(C)(C)C5CC[C@]43C)C12. The summed E-state index contributed by atoms with van der Waals surface area (Å²) in [5.74, 6) is 5.52. The average molecular weight is 441 g/mol. The van der Waals surface area contributed by atoms with Gasteiger partial charge in [-0.15, -0.1) is 0 Å². The van der Waals surface area contributed by atoms with Gasteiger partial charge in [0.25, 0.3) is 0 Å². The van der Waals surface area contributed by atoms with Crippen molar-refractivity contribution >= 4 is 5.78 Å². The molecule has 0 aromatic carbocycles. The lowest BCUT2D eigenvalue weighted by Crippen LogP contribution is -2.67. The summed E-state index contributed by atoms with van der Waals surface area (Å²) >= 11 is 0. The molecule has 182 valence electrons. The fourth-order valence-electron chi connectivity index (χ4n) is 11.8. The number of hydrogen-bond acceptors (Lipinski definition) is 1. The number of carbonyl (C=O) groups is 1. The smallest absolute Gasteiger partial charge is 0.138 e. The van der Waals surface area contributed by atoms with Crippen molar-refractivity contribution in [2.45, 2.75) is 126 Å². The highest BCUT2D eigenvalue weighted by molar-refractivity contribution is 5.85. The zero-order valence-corrected chi connectivity index (χ0v) is 22.7. The molecule has 9 atom stereocenters. The van der Waals surface area contributed by atoms with E-state index in [1.54, 1.807) is 0 Å². The van der Waals surface area contributed by atoms with E-state index in [1.807, 2.05) is 0 Å². The zero-order chi connectivity index (χ0) is 23.3. The lowest BCUT2D eigenvalue weighted by atomic mass is 9.31. The molecular weight excluding hydrogens is 388 g/mol. The summed E-state index contributed by atoms with van der Waals surface area (Å²) < 4.78 is 0. The van der Waals surface area contributed by atoms with Crippen LogP contribution in [-0.2, 0) is 4.79 Å². The van der Waals surface area contributed by atoms with Crippen LogP contribution >= 0.6 is 0 Å². The molecular formula is C31H52O. The van der Waals surface area contributed by atoms with Gasteiger partial charge in [-0.1, -0.05) is 61.8 Å². The summed E-state index contributed by atoms with van der Waals surface area (Å²) in [5.41, 5.74) is 1.73. The van der Waals surface area contributed by atoms with Gasteiger partial charge in [0.15, 0.2) is 0 Å². The minimum absolute atomic E-state index is 0.122. The van der Waals surface area contributed by atoms with Crippen LogP contribution in [0.2, 0.25) is 0 Å². The number of carbonyl (C=O) groups excluding carboxylic acids is 1. The van der Waals surface area contributed by atoms with Gasteiger partial charge in [-0.05, 0) is 115 Å². The molecule has 1 nitrogen and oxygen atoms in total. The first-order valence-corrected chi connectivity index (χ1v) is 14.3. The minimum Gasteiger partial charge on any atom is -0.299 e. The Balaban J connectivity index is 1.55. The highest BCUT2D eigenvalue weighted by Crippen LogP contribution is 2.76. The van der Waals surface area contributed by atoms with Crippen LogP contribution in [0.1, 0.15) is 126 Å². The fraction of sp³-hybridized carbons (Fsp3) is 0.968. The van der Waals surface area contributed by atoms with Crippen LogP contribution < -0.4 is 0 Å². The van der Waals surface area contributed by atoms with E-state index in [2.05, 4.69) is 55.4 Å². The Hall–Kier alpha value is -0.330. The van der Waals surface area contributed by atoms with Gasteiger partial charge in [0.2, 0.25) is 0 Å². The zero-order valence-electron chi connectivity index (χ0n) is 22.7. The lowest BCUT2D eigenvalue weighted by Gasteiger charge is -2.73. The standard InChI is InChI=1S/C31H52O/c1-20(2)21-10-9-15-28(5)18-19-30(7)22(26(21)28)11-12-24-29(6)16-14-25(32)27(3,4)23(29)13-17-31(24,30)8/h20-24,26H,9-19H2,1-8H3/t21-,22?,23?,24?,26?,28+,29-,30+,31+/m0/s1. The van der Waals surface area contributed by atoms with Crippen molar-refractivity contribution in [3.05, 3.63) is 0 Å². The monoisotopic (exact) mass is 440 g/mol. The molecule has 0 radical (unpaired) electrons. The molecule has 5 rings (SSSR count). The molecule has 0 aromatic heterocycles. The molecule has 0 bridgehead atoms. The summed E-state index contributed by atoms with van der Waals surface area (Å²) in [6.07, 6.45) is 14.8. The van der Waals surface area contributed by atoms with Crippen molar-refractivity contribution in [2.75, 3.05) is 0 Å². The van der Waals surface area contributed by atoms with Crippen molar-refractivity contribution in [3.8, 4) is 0 Å². The van der Waals surface area contributed by atoms with Crippen molar-refractivity contribution in [3.63, 3.8) is 0 Å². The van der Waals surface area contributed by atoms with Crippen molar-refractivity contribution in [1.82, 2.24) is 0 Å². The van der Waals surface area contributed by atoms with Gasteiger partial charge in [-0.3, -0.25) is 4.79 Å². The largest absolute Gasteiger partial charge is 0.299 e. The van der Waals surface area contributed by atoms with Crippen LogP contribution in [0.4, 0.5) is 0 Å². The van der Waals surface area contributed by atoms with Crippen LogP contribution in [0, 0.1) is 62.6 Å². The molecule has 0 aromatic rings. The third-order valence-electron chi connectivity index (χ3n) is 13.7. The van der Waals surface area contributed by atoms with Crippen LogP contribution in [0.25, 0.3) is 0 Å². The summed E-state index contributed by atoms with van der Waals surface area (Å²) in [6, 6.07) is 0. The Labute approximate surface area is 199 Å². The van der Waals surface area contributed by atoms with Gasteiger partial charge >= 0.3 is 0 Å². The Bertz CT molecular complexity index is 779. The Morgan fingerprint density at radius 1 is 0.750 bits per heavy atom. The van der Waals surface area contributed by atoms with Gasteiger partial charge in [0.1, 0.15) is 5.78 Å². The topological polar surface area (TPSA) is 17.1 Å². The Kier molecular flexibility index (Phi) is 5.19. The van der Waals surface area contributed by atoms with Crippen LogP contribution in [0.5, 0.6) is 0 Å². The third kappa shape index (κ3) is 2.78. The molecule has 5 fully saturated rings. The van der Waals surface area contributed by atoms with E-state index < -0.39 is 0 Å². The van der Waals surface area contributed by atoms with E-state index in [0.717, 1.165) is 42.4 Å². The molecule has 4 unspecified atom stereocenters. The molecule has 1 heteroatoms. The maximum Gasteiger partial charge on any atom is 0.138 e. The second-order valence-electron chi connectivity index (χ2n) is 15.3. The quantitative estimate of drug-likeness (QED) is 0.398. The predicted octanol–water partition coefficient (Wildman–Crippen LogP) is 8.70. The maximum atomic E-state index is 12.9. The maximum absolute atomic E-state index is 12.9. The first kappa shape index (κ1) is 23.4. The molecule has 0 aliphatic heterocycles.